The van der Waals surface area contributed by atoms with Gasteiger partial charge in [0.1, 0.15) is 5.70 Å². The highest BCUT2D eigenvalue weighted by atomic mass is 35.5. The molecular formula is C29H20ClN3O6S. The van der Waals surface area contributed by atoms with Crippen molar-refractivity contribution in [3.05, 3.63) is 141 Å². The normalized spacial score (nSPS) is 13.9. The molecule has 4 aromatic carbocycles. The van der Waals surface area contributed by atoms with E-state index in [4.69, 9.17) is 11.6 Å². The number of sulfonamides is 1. The molecular weight excluding hydrogens is 554 g/mol. The molecule has 0 fully saturated rings. The zero-order valence-corrected chi connectivity index (χ0v) is 22.2. The third-order valence-corrected chi connectivity index (χ3v) is 8.32. The zero-order valence-electron chi connectivity index (χ0n) is 20.7. The summed E-state index contributed by atoms with van der Waals surface area (Å²) in [5.41, 5.74) is 0.802. The number of carbonyl (C=O) groups excluding carboxylic acids is 2. The first kappa shape index (κ1) is 26.8. The van der Waals surface area contributed by atoms with Crippen LogP contribution >= 0.6 is 11.6 Å². The number of ketones is 2. The van der Waals surface area contributed by atoms with E-state index in [2.05, 4.69) is 5.32 Å². The Labute approximate surface area is 234 Å². The van der Waals surface area contributed by atoms with Crippen molar-refractivity contribution in [1.29, 1.82) is 0 Å². The Kier molecular flexibility index (Phi) is 7.20. The molecule has 0 saturated heterocycles. The maximum absolute atomic E-state index is 14.0. The Balaban J connectivity index is 1.69. The average molecular weight is 574 g/mol. The van der Waals surface area contributed by atoms with Gasteiger partial charge in [0.15, 0.2) is 5.78 Å². The maximum Gasteiger partial charge on any atom is 0.269 e. The average Bonchev–Trinajstić information content (AvgIpc) is 2.97. The van der Waals surface area contributed by atoms with E-state index in [1.54, 1.807) is 72.8 Å². The summed E-state index contributed by atoms with van der Waals surface area (Å²) in [6.45, 7) is -0.714. The number of fused-ring (bicyclic) bond motifs is 1. The Hall–Kier alpha value is -4.80. The molecule has 0 aliphatic carbocycles. The molecule has 0 aromatic heterocycles. The van der Waals surface area contributed by atoms with E-state index in [-0.39, 0.29) is 38.7 Å². The second kappa shape index (κ2) is 10.8. The van der Waals surface area contributed by atoms with Crippen LogP contribution in [0.15, 0.2) is 114 Å². The maximum atomic E-state index is 14.0. The predicted molar refractivity (Wildman–Crippen MR) is 151 cm³/mol. The fourth-order valence-corrected chi connectivity index (χ4v) is 6.06. The number of halogens is 1. The van der Waals surface area contributed by atoms with Crippen molar-refractivity contribution in [3.8, 4) is 0 Å². The monoisotopic (exact) mass is 573 g/mol. The van der Waals surface area contributed by atoms with Gasteiger partial charge in [-0.3, -0.25) is 24.0 Å². The molecule has 0 bridgehead atoms. The lowest BCUT2D eigenvalue weighted by Crippen LogP contribution is -2.42. The van der Waals surface area contributed by atoms with Gasteiger partial charge in [-0.1, -0.05) is 60.1 Å². The molecule has 0 atom stereocenters. The van der Waals surface area contributed by atoms with E-state index < -0.39 is 33.1 Å². The number of nitro groups is 1. The van der Waals surface area contributed by atoms with E-state index >= 15 is 0 Å². The summed E-state index contributed by atoms with van der Waals surface area (Å²) in [7, 11) is -4.38. The summed E-state index contributed by atoms with van der Waals surface area (Å²) in [6, 6.07) is 25.8. The van der Waals surface area contributed by atoms with Crippen molar-refractivity contribution in [2.24, 2.45) is 0 Å². The number of nitro benzene ring substituents is 1. The molecule has 0 radical (unpaired) electrons. The SMILES string of the molecule is O=C(CN1C(C(=O)c2ccccc2)=C(Nc2ccc(Cl)cc2)c2ccccc2S1(=O)=O)c1ccc([N+](=O)[O-])cc1. The lowest BCUT2D eigenvalue weighted by molar-refractivity contribution is -0.384. The first-order valence-corrected chi connectivity index (χ1v) is 13.7. The standard InChI is InChI=1S/C29H20ClN3O6S/c30-21-12-14-22(15-13-21)31-27-24-8-4-5-9-26(24)40(38,39)32(28(27)29(35)20-6-2-1-3-7-20)18-25(34)19-10-16-23(17-11-19)33(36)37/h1-17,31H,18H2. The van der Waals surface area contributed by atoms with Gasteiger partial charge in [0, 0.05) is 39.5 Å². The van der Waals surface area contributed by atoms with Crippen LogP contribution in [0, 0.1) is 10.1 Å². The van der Waals surface area contributed by atoms with Gasteiger partial charge in [-0.25, -0.2) is 8.42 Å². The molecule has 40 heavy (non-hydrogen) atoms. The zero-order chi connectivity index (χ0) is 28.4. The van der Waals surface area contributed by atoms with Crippen LogP contribution in [0.4, 0.5) is 11.4 Å². The molecule has 0 amide bonds. The Morgan fingerprint density at radius 3 is 2.10 bits per heavy atom. The molecule has 0 spiro atoms. The largest absolute Gasteiger partial charge is 0.353 e. The number of hydrogen-bond acceptors (Lipinski definition) is 7. The fourth-order valence-electron chi connectivity index (χ4n) is 4.30. The van der Waals surface area contributed by atoms with Crippen LogP contribution in [0.5, 0.6) is 0 Å². The molecule has 5 rings (SSSR count). The molecule has 4 aromatic rings. The Morgan fingerprint density at radius 1 is 0.825 bits per heavy atom. The molecule has 1 heterocycles. The van der Waals surface area contributed by atoms with Gasteiger partial charge in [-0.15, -0.1) is 0 Å². The minimum absolute atomic E-state index is 0.0541. The van der Waals surface area contributed by atoms with Gasteiger partial charge in [-0.2, -0.15) is 0 Å². The predicted octanol–water partition coefficient (Wildman–Crippen LogP) is 5.80. The number of anilines is 1. The van der Waals surface area contributed by atoms with Crippen LogP contribution in [0.1, 0.15) is 26.3 Å². The van der Waals surface area contributed by atoms with Crippen molar-refractivity contribution < 1.29 is 22.9 Å². The number of benzene rings is 4. The quantitative estimate of drug-likeness (QED) is 0.160. The summed E-state index contributed by atoms with van der Waals surface area (Å²) in [5.74, 6) is -1.27. The lowest BCUT2D eigenvalue weighted by Gasteiger charge is -2.33. The van der Waals surface area contributed by atoms with Crippen LogP contribution in [0.2, 0.25) is 5.02 Å². The molecule has 11 heteroatoms. The molecule has 1 N–H and O–H groups in total. The van der Waals surface area contributed by atoms with Crippen LogP contribution < -0.4 is 5.32 Å². The fraction of sp³-hybridized carbons (Fsp3) is 0.0345. The third-order valence-electron chi connectivity index (χ3n) is 6.26. The summed E-state index contributed by atoms with van der Waals surface area (Å²) in [5, 5.41) is 14.7. The van der Waals surface area contributed by atoms with Gasteiger partial charge in [-0.05, 0) is 42.5 Å². The smallest absolute Gasteiger partial charge is 0.269 e. The van der Waals surface area contributed by atoms with Crippen LogP contribution in [-0.2, 0) is 10.0 Å². The Bertz CT molecular complexity index is 1770. The first-order valence-electron chi connectivity index (χ1n) is 11.9. The van der Waals surface area contributed by atoms with E-state index in [0.29, 0.717) is 10.7 Å². The number of nitrogens with one attached hydrogen (secondary N) is 1. The second-order valence-corrected chi connectivity index (χ2v) is 11.1. The van der Waals surface area contributed by atoms with Gasteiger partial charge >= 0.3 is 0 Å². The molecule has 200 valence electrons. The number of rotatable bonds is 8. The summed E-state index contributed by atoms with van der Waals surface area (Å²) in [4.78, 5) is 37.7. The second-order valence-electron chi connectivity index (χ2n) is 8.79. The van der Waals surface area contributed by atoms with Gasteiger partial charge < -0.3 is 5.32 Å². The summed E-state index contributed by atoms with van der Waals surface area (Å²) < 4.78 is 28.7. The highest BCUT2D eigenvalue weighted by molar-refractivity contribution is 7.89. The summed E-state index contributed by atoms with van der Waals surface area (Å²) in [6.07, 6.45) is 0. The number of non-ortho nitro benzene ring substituents is 1. The molecule has 0 saturated carbocycles. The first-order chi connectivity index (χ1) is 19.2. The van der Waals surface area contributed by atoms with E-state index in [0.717, 1.165) is 16.4 Å². The van der Waals surface area contributed by atoms with Crippen molar-refractivity contribution >= 4 is 50.3 Å². The molecule has 9 nitrogen and oxygen atoms in total. The van der Waals surface area contributed by atoms with Gasteiger partial charge in [0.25, 0.3) is 15.7 Å². The van der Waals surface area contributed by atoms with Crippen molar-refractivity contribution in [2.75, 3.05) is 11.9 Å². The van der Waals surface area contributed by atoms with Crippen molar-refractivity contribution in [1.82, 2.24) is 4.31 Å². The van der Waals surface area contributed by atoms with Crippen molar-refractivity contribution in [3.63, 3.8) is 0 Å². The molecule has 0 unspecified atom stereocenters. The van der Waals surface area contributed by atoms with E-state index in [1.165, 1.54) is 18.2 Å². The van der Waals surface area contributed by atoms with E-state index in [1.807, 2.05) is 0 Å². The third kappa shape index (κ3) is 5.09. The number of allylic oxidation sites excluding steroid dienone is 1. The number of hydrogen-bond donors (Lipinski definition) is 1. The highest BCUT2D eigenvalue weighted by Crippen LogP contribution is 2.39. The van der Waals surface area contributed by atoms with Crippen LogP contribution in [0.25, 0.3) is 5.70 Å². The lowest BCUT2D eigenvalue weighted by atomic mass is 10.0. The molecule has 1 aliphatic rings. The summed E-state index contributed by atoms with van der Waals surface area (Å²) >= 11 is 6.04. The highest BCUT2D eigenvalue weighted by Gasteiger charge is 2.41. The minimum Gasteiger partial charge on any atom is -0.353 e. The Morgan fingerprint density at radius 2 is 1.45 bits per heavy atom. The van der Waals surface area contributed by atoms with Gasteiger partial charge in [0.05, 0.1) is 22.1 Å². The van der Waals surface area contributed by atoms with Crippen LogP contribution in [-0.4, -0.2) is 35.8 Å². The van der Waals surface area contributed by atoms with Crippen LogP contribution in [0.3, 0.4) is 0 Å². The van der Waals surface area contributed by atoms with E-state index in [9.17, 15) is 28.1 Å². The molecule has 1 aliphatic heterocycles. The number of Topliss-reactive ketones (excluding diaryl/α,β-unsaturated/α-hetero) is 2. The van der Waals surface area contributed by atoms with Crippen molar-refractivity contribution in [2.45, 2.75) is 4.90 Å². The number of carbonyl (C=O) groups is 2. The topological polar surface area (TPSA) is 127 Å². The minimum atomic E-state index is -4.38. The number of nitrogens with zero attached hydrogens (tertiary/aromatic N) is 2. The van der Waals surface area contributed by atoms with Gasteiger partial charge in [0.2, 0.25) is 5.78 Å².